The van der Waals surface area contributed by atoms with Crippen LogP contribution in [0.5, 0.6) is 0 Å². The molecule has 1 amide bonds. The van der Waals surface area contributed by atoms with Gasteiger partial charge in [0.2, 0.25) is 5.91 Å². The second kappa shape index (κ2) is 6.50. The molecular formula is C14H18F2N2O. The van der Waals surface area contributed by atoms with Crippen molar-refractivity contribution in [2.24, 2.45) is 0 Å². The zero-order valence-corrected chi connectivity index (χ0v) is 10.8. The van der Waals surface area contributed by atoms with Crippen molar-refractivity contribution in [3.63, 3.8) is 0 Å². The summed E-state index contributed by atoms with van der Waals surface area (Å²) in [6.07, 6.45) is 3.71. The number of halogens is 2. The van der Waals surface area contributed by atoms with E-state index < -0.39 is 11.6 Å². The van der Waals surface area contributed by atoms with Gasteiger partial charge in [-0.25, -0.2) is 8.78 Å². The summed E-state index contributed by atoms with van der Waals surface area (Å²) in [5, 5.41) is 2.93. The van der Waals surface area contributed by atoms with E-state index in [0.29, 0.717) is 18.7 Å². The highest BCUT2D eigenvalue weighted by Gasteiger charge is 2.15. The van der Waals surface area contributed by atoms with Gasteiger partial charge in [-0.05, 0) is 37.5 Å². The van der Waals surface area contributed by atoms with E-state index in [-0.39, 0.29) is 5.91 Å². The third-order valence-electron chi connectivity index (χ3n) is 3.30. The molecule has 0 atom stereocenters. The number of hydrogen-bond acceptors (Lipinski definition) is 2. The van der Waals surface area contributed by atoms with Crippen LogP contribution in [-0.4, -0.2) is 30.4 Å². The molecule has 5 heteroatoms. The number of carbonyl (C=O) groups excluding carboxylic acids is 1. The van der Waals surface area contributed by atoms with E-state index in [0.717, 1.165) is 38.1 Å². The molecule has 1 fully saturated rings. The second-order valence-corrected chi connectivity index (χ2v) is 4.75. The number of hydrogen-bond donors (Lipinski definition) is 1. The summed E-state index contributed by atoms with van der Waals surface area (Å²) < 4.78 is 25.7. The predicted molar refractivity (Wildman–Crippen MR) is 69.9 cm³/mol. The molecule has 0 aliphatic carbocycles. The number of nitrogens with zero attached hydrogens (tertiary/aromatic N) is 1. The first-order valence-corrected chi connectivity index (χ1v) is 6.63. The van der Waals surface area contributed by atoms with Gasteiger partial charge in [-0.15, -0.1) is 0 Å². The van der Waals surface area contributed by atoms with E-state index in [4.69, 9.17) is 0 Å². The smallest absolute Gasteiger partial charge is 0.224 e. The third-order valence-corrected chi connectivity index (χ3v) is 3.30. The Morgan fingerprint density at radius 2 is 1.89 bits per heavy atom. The highest BCUT2D eigenvalue weighted by atomic mass is 19.2. The second-order valence-electron chi connectivity index (χ2n) is 4.75. The molecule has 104 valence electrons. The molecule has 0 saturated carbocycles. The number of carbonyl (C=O) groups is 1. The van der Waals surface area contributed by atoms with E-state index in [1.54, 1.807) is 0 Å². The molecule has 0 aromatic heterocycles. The first kappa shape index (κ1) is 13.8. The Hall–Kier alpha value is -1.65. The molecule has 1 aliphatic rings. The van der Waals surface area contributed by atoms with Crippen molar-refractivity contribution in [2.75, 3.05) is 25.0 Å². The molecule has 1 aromatic carbocycles. The number of nitrogens with one attached hydrogen (secondary N) is 1. The molecule has 1 saturated heterocycles. The standard InChI is InChI=1S/C14H18F2N2O/c15-12-5-4-11(10-13(12)16)17-7-6-14(19)18-8-2-1-3-9-18/h4-5,10,17H,1-3,6-9H2. The molecule has 0 spiro atoms. The van der Waals surface area contributed by atoms with Gasteiger partial charge >= 0.3 is 0 Å². The van der Waals surface area contributed by atoms with Crippen molar-refractivity contribution >= 4 is 11.6 Å². The molecule has 3 nitrogen and oxygen atoms in total. The van der Waals surface area contributed by atoms with Crippen molar-refractivity contribution in [1.29, 1.82) is 0 Å². The molecular weight excluding hydrogens is 250 g/mol. The fourth-order valence-electron chi connectivity index (χ4n) is 2.22. The van der Waals surface area contributed by atoms with Crippen molar-refractivity contribution in [3.8, 4) is 0 Å². The quantitative estimate of drug-likeness (QED) is 0.910. The van der Waals surface area contributed by atoms with Crippen LogP contribution in [0.4, 0.5) is 14.5 Å². The first-order chi connectivity index (χ1) is 9.16. The van der Waals surface area contributed by atoms with E-state index in [1.165, 1.54) is 12.5 Å². The summed E-state index contributed by atoms with van der Waals surface area (Å²) in [6.45, 7) is 2.11. The van der Waals surface area contributed by atoms with Crippen molar-refractivity contribution in [2.45, 2.75) is 25.7 Å². The Morgan fingerprint density at radius 1 is 1.16 bits per heavy atom. The van der Waals surface area contributed by atoms with Gasteiger partial charge in [0.05, 0.1) is 0 Å². The largest absolute Gasteiger partial charge is 0.384 e. The summed E-state index contributed by atoms with van der Waals surface area (Å²) in [5.41, 5.74) is 0.491. The van der Waals surface area contributed by atoms with Gasteiger partial charge in [-0.3, -0.25) is 4.79 Å². The monoisotopic (exact) mass is 268 g/mol. The Kier molecular flexibility index (Phi) is 4.71. The molecule has 0 radical (unpaired) electrons. The average molecular weight is 268 g/mol. The van der Waals surface area contributed by atoms with E-state index in [1.807, 2.05) is 4.90 Å². The minimum Gasteiger partial charge on any atom is -0.384 e. The maximum Gasteiger partial charge on any atom is 0.224 e. The van der Waals surface area contributed by atoms with Gasteiger partial charge in [-0.1, -0.05) is 0 Å². The summed E-state index contributed by atoms with van der Waals surface area (Å²) in [4.78, 5) is 13.7. The SMILES string of the molecule is O=C(CCNc1ccc(F)c(F)c1)N1CCCCC1. The number of amides is 1. The third kappa shape index (κ3) is 3.91. The van der Waals surface area contributed by atoms with Crippen LogP contribution in [0.15, 0.2) is 18.2 Å². The molecule has 0 bridgehead atoms. The summed E-state index contributed by atoms with van der Waals surface area (Å²) >= 11 is 0. The average Bonchev–Trinajstić information content (AvgIpc) is 2.43. The number of anilines is 1. The van der Waals surface area contributed by atoms with E-state index >= 15 is 0 Å². The lowest BCUT2D eigenvalue weighted by molar-refractivity contribution is -0.131. The lowest BCUT2D eigenvalue weighted by atomic mass is 10.1. The van der Waals surface area contributed by atoms with Crippen LogP contribution in [0.3, 0.4) is 0 Å². The van der Waals surface area contributed by atoms with Gasteiger partial charge in [0.15, 0.2) is 11.6 Å². The molecule has 1 N–H and O–H groups in total. The summed E-state index contributed by atoms with van der Waals surface area (Å²) in [7, 11) is 0. The van der Waals surface area contributed by atoms with Crippen LogP contribution in [0, 0.1) is 11.6 Å². The minimum absolute atomic E-state index is 0.120. The number of benzene rings is 1. The van der Waals surface area contributed by atoms with E-state index in [9.17, 15) is 13.6 Å². The predicted octanol–water partition coefficient (Wildman–Crippen LogP) is 2.78. The Morgan fingerprint density at radius 3 is 2.58 bits per heavy atom. The maximum absolute atomic E-state index is 13.0. The lowest BCUT2D eigenvalue weighted by Crippen LogP contribution is -2.36. The van der Waals surface area contributed by atoms with Gasteiger partial charge < -0.3 is 10.2 Å². The van der Waals surface area contributed by atoms with E-state index in [2.05, 4.69) is 5.32 Å². The highest BCUT2D eigenvalue weighted by Crippen LogP contribution is 2.13. The normalized spacial score (nSPS) is 15.4. The lowest BCUT2D eigenvalue weighted by Gasteiger charge is -2.26. The Labute approximate surface area is 111 Å². The topological polar surface area (TPSA) is 32.3 Å². The van der Waals surface area contributed by atoms with Gasteiger partial charge in [-0.2, -0.15) is 0 Å². The molecule has 19 heavy (non-hydrogen) atoms. The van der Waals surface area contributed by atoms with Crippen molar-refractivity contribution in [1.82, 2.24) is 4.90 Å². The fourth-order valence-corrected chi connectivity index (χ4v) is 2.22. The van der Waals surface area contributed by atoms with Crippen LogP contribution in [0.2, 0.25) is 0 Å². The van der Waals surface area contributed by atoms with Crippen LogP contribution in [0.1, 0.15) is 25.7 Å². The summed E-state index contributed by atoms with van der Waals surface area (Å²) in [6, 6.07) is 3.63. The molecule has 2 rings (SSSR count). The Balaban J connectivity index is 1.76. The van der Waals surface area contributed by atoms with Gasteiger partial charge in [0.25, 0.3) is 0 Å². The van der Waals surface area contributed by atoms with Gasteiger partial charge in [0.1, 0.15) is 0 Å². The molecule has 0 unspecified atom stereocenters. The molecule has 1 aliphatic heterocycles. The maximum atomic E-state index is 13.0. The molecule has 1 heterocycles. The zero-order valence-electron chi connectivity index (χ0n) is 10.8. The van der Waals surface area contributed by atoms with Crippen molar-refractivity contribution in [3.05, 3.63) is 29.8 Å². The Bertz CT molecular complexity index is 445. The van der Waals surface area contributed by atoms with Crippen molar-refractivity contribution < 1.29 is 13.6 Å². The zero-order chi connectivity index (χ0) is 13.7. The molecule has 1 aromatic rings. The number of likely N-dealkylation sites (tertiary alicyclic amines) is 1. The first-order valence-electron chi connectivity index (χ1n) is 6.63. The van der Waals surface area contributed by atoms with Gasteiger partial charge in [0, 0.05) is 31.7 Å². The van der Waals surface area contributed by atoms with Crippen LogP contribution < -0.4 is 5.32 Å². The number of rotatable bonds is 4. The van der Waals surface area contributed by atoms with Crippen LogP contribution >= 0.6 is 0 Å². The fraction of sp³-hybridized carbons (Fsp3) is 0.500. The van der Waals surface area contributed by atoms with Crippen LogP contribution in [-0.2, 0) is 4.79 Å². The summed E-state index contributed by atoms with van der Waals surface area (Å²) in [5.74, 6) is -1.63. The van der Waals surface area contributed by atoms with Crippen LogP contribution in [0.25, 0.3) is 0 Å². The highest BCUT2D eigenvalue weighted by molar-refractivity contribution is 5.76. The number of piperidine rings is 1. The minimum atomic E-state index is -0.882.